The molecule has 142 valence electrons. The van der Waals surface area contributed by atoms with Gasteiger partial charge in [-0.05, 0) is 49.3 Å². The number of aromatic nitrogens is 1. The average molecular weight is 462 g/mol. The van der Waals surface area contributed by atoms with Gasteiger partial charge in [0.05, 0.1) is 6.10 Å². The van der Waals surface area contributed by atoms with Crippen LogP contribution in [0.1, 0.15) is 44.3 Å². The van der Waals surface area contributed by atoms with Gasteiger partial charge in [-0.1, -0.05) is 6.42 Å². The fraction of sp³-hybridized carbons (Fsp3) is 0.667. The molecule has 0 aliphatic heterocycles. The standard InChI is InChI=1S/C18H30N4O2.HI/c1-3-20-17(21-13-16(23)15-5-10-19-11-6-15)22-14-18(7-4-8-18)9-12-24-2;/h5-6,10-11,16,23H,3-4,7-9,12-14H2,1-2H3,(H2,20,21,22);1H. The van der Waals surface area contributed by atoms with Gasteiger partial charge in [0.15, 0.2) is 5.96 Å². The Morgan fingerprint density at radius 3 is 2.64 bits per heavy atom. The highest BCUT2D eigenvalue weighted by molar-refractivity contribution is 14.0. The molecule has 0 amide bonds. The molecule has 1 unspecified atom stereocenters. The van der Waals surface area contributed by atoms with Crippen LogP contribution in [0.2, 0.25) is 0 Å². The largest absolute Gasteiger partial charge is 0.387 e. The van der Waals surface area contributed by atoms with Gasteiger partial charge in [-0.3, -0.25) is 9.98 Å². The normalized spacial score (nSPS) is 17.2. The SMILES string of the molecule is CCNC(=NCC1(CCOC)CCC1)NCC(O)c1ccncc1.I. The third-order valence-corrected chi connectivity index (χ3v) is 4.72. The van der Waals surface area contributed by atoms with Crippen LogP contribution in [0.5, 0.6) is 0 Å². The highest BCUT2D eigenvalue weighted by atomic mass is 127. The lowest BCUT2D eigenvalue weighted by atomic mass is 9.67. The van der Waals surface area contributed by atoms with E-state index in [1.807, 2.05) is 19.1 Å². The first kappa shape index (κ1) is 22.1. The molecule has 1 aromatic rings. The molecule has 1 heterocycles. The summed E-state index contributed by atoms with van der Waals surface area (Å²) in [6.45, 7) is 4.85. The van der Waals surface area contributed by atoms with E-state index in [9.17, 15) is 5.11 Å². The summed E-state index contributed by atoms with van der Waals surface area (Å²) >= 11 is 0. The fourth-order valence-corrected chi connectivity index (χ4v) is 2.97. The van der Waals surface area contributed by atoms with Crippen LogP contribution in [0.4, 0.5) is 0 Å². The summed E-state index contributed by atoms with van der Waals surface area (Å²) in [5, 5.41) is 16.7. The summed E-state index contributed by atoms with van der Waals surface area (Å²) < 4.78 is 5.24. The zero-order chi connectivity index (χ0) is 17.3. The van der Waals surface area contributed by atoms with Gasteiger partial charge >= 0.3 is 0 Å². The molecule has 1 aliphatic carbocycles. The molecule has 3 N–H and O–H groups in total. The molecule has 25 heavy (non-hydrogen) atoms. The highest BCUT2D eigenvalue weighted by Crippen LogP contribution is 2.44. The number of aliphatic hydroxyl groups is 1. The van der Waals surface area contributed by atoms with Gasteiger partial charge < -0.3 is 20.5 Å². The van der Waals surface area contributed by atoms with Crippen LogP contribution in [0.3, 0.4) is 0 Å². The Morgan fingerprint density at radius 2 is 2.08 bits per heavy atom. The maximum absolute atomic E-state index is 10.2. The Labute approximate surface area is 167 Å². The molecule has 0 bridgehead atoms. The molecule has 0 radical (unpaired) electrons. The van der Waals surface area contributed by atoms with Gasteiger partial charge in [-0.15, -0.1) is 24.0 Å². The Kier molecular flexibility index (Phi) is 10.3. The Bertz CT molecular complexity index is 509. The van der Waals surface area contributed by atoms with Gasteiger partial charge in [-0.25, -0.2) is 0 Å². The van der Waals surface area contributed by atoms with E-state index in [1.165, 1.54) is 19.3 Å². The van der Waals surface area contributed by atoms with Gasteiger partial charge in [0, 0.05) is 45.7 Å². The lowest BCUT2D eigenvalue weighted by Crippen LogP contribution is -2.41. The van der Waals surface area contributed by atoms with Crippen molar-refractivity contribution in [2.45, 2.75) is 38.7 Å². The van der Waals surface area contributed by atoms with Crippen LogP contribution < -0.4 is 10.6 Å². The highest BCUT2D eigenvalue weighted by Gasteiger charge is 2.36. The van der Waals surface area contributed by atoms with Crippen LogP contribution in [0.25, 0.3) is 0 Å². The number of hydrogen-bond donors (Lipinski definition) is 3. The van der Waals surface area contributed by atoms with E-state index in [0.29, 0.717) is 12.0 Å². The predicted molar refractivity (Wildman–Crippen MR) is 111 cm³/mol. The summed E-state index contributed by atoms with van der Waals surface area (Å²) in [7, 11) is 1.75. The zero-order valence-corrected chi connectivity index (χ0v) is 17.5. The molecule has 2 rings (SSSR count). The smallest absolute Gasteiger partial charge is 0.191 e. The summed E-state index contributed by atoms with van der Waals surface area (Å²) in [5.41, 5.74) is 1.14. The molecule has 1 fully saturated rings. The van der Waals surface area contributed by atoms with E-state index in [4.69, 9.17) is 9.73 Å². The zero-order valence-electron chi connectivity index (χ0n) is 15.2. The van der Waals surface area contributed by atoms with Crippen molar-refractivity contribution in [2.75, 3.05) is 33.4 Å². The van der Waals surface area contributed by atoms with Crippen molar-refractivity contribution in [1.82, 2.24) is 15.6 Å². The van der Waals surface area contributed by atoms with Crippen LogP contribution in [0.15, 0.2) is 29.5 Å². The van der Waals surface area contributed by atoms with Crippen LogP contribution in [0, 0.1) is 5.41 Å². The van der Waals surface area contributed by atoms with E-state index in [1.54, 1.807) is 19.5 Å². The molecule has 0 spiro atoms. The molecule has 1 atom stereocenters. The molecule has 1 aliphatic rings. The van der Waals surface area contributed by atoms with Crippen molar-refractivity contribution in [1.29, 1.82) is 0 Å². The monoisotopic (exact) mass is 462 g/mol. The number of nitrogens with zero attached hydrogens (tertiary/aromatic N) is 2. The fourth-order valence-electron chi connectivity index (χ4n) is 2.97. The van der Waals surface area contributed by atoms with Crippen LogP contribution in [-0.4, -0.2) is 49.4 Å². The summed E-state index contributed by atoms with van der Waals surface area (Å²) in [6, 6.07) is 3.65. The van der Waals surface area contributed by atoms with Crippen molar-refractivity contribution in [2.24, 2.45) is 10.4 Å². The quantitative estimate of drug-likeness (QED) is 0.299. The number of aliphatic hydroxyl groups excluding tert-OH is 1. The van der Waals surface area contributed by atoms with Gasteiger partial charge in [0.25, 0.3) is 0 Å². The minimum Gasteiger partial charge on any atom is -0.387 e. The summed E-state index contributed by atoms with van der Waals surface area (Å²) in [4.78, 5) is 8.71. The van der Waals surface area contributed by atoms with Crippen molar-refractivity contribution in [3.05, 3.63) is 30.1 Å². The second kappa shape index (κ2) is 11.6. The van der Waals surface area contributed by atoms with Crippen molar-refractivity contribution >= 4 is 29.9 Å². The van der Waals surface area contributed by atoms with E-state index >= 15 is 0 Å². The number of aliphatic imine (C=N–C) groups is 1. The lowest BCUT2D eigenvalue weighted by Gasteiger charge is -2.40. The molecular weight excluding hydrogens is 431 g/mol. The number of methoxy groups -OCH3 is 1. The van der Waals surface area contributed by atoms with E-state index < -0.39 is 6.10 Å². The number of hydrogen-bond acceptors (Lipinski definition) is 4. The maximum Gasteiger partial charge on any atom is 0.191 e. The number of halogens is 1. The predicted octanol–water partition coefficient (Wildman–Crippen LogP) is 2.49. The van der Waals surface area contributed by atoms with Crippen molar-refractivity contribution < 1.29 is 9.84 Å². The second-order valence-corrected chi connectivity index (χ2v) is 6.47. The number of nitrogens with one attached hydrogen (secondary N) is 2. The third kappa shape index (κ3) is 7.07. The molecule has 0 saturated heterocycles. The Hall–Kier alpha value is -0.930. The first-order valence-corrected chi connectivity index (χ1v) is 8.78. The van der Waals surface area contributed by atoms with Gasteiger partial charge in [0.1, 0.15) is 0 Å². The average Bonchev–Trinajstić information content (AvgIpc) is 2.58. The number of guanidine groups is 1. The molecule has 1 saturated carbocycles. The minimum absolute atomic E-state index is 0. The molecule has 6 nitrogen and oxygen atoms in total. The Balaban J connectivity index is 0.00000312. The van der Waals surface area contributed by atoms with Gasteiger partial charge in [0.2, 0.25) is 0 Å². The van der Waals surface area contributed by atoms with Crippen molar-refractivity contribution in [3.8, 4) is 0 Å². The molecule has 1 aromatic heterocycles. The number of ether oxygens (including phenoxy) is 1. The van der Waals surface area contributed by atoms with Crippen LogP contribution >= 0.6 is 24.0 Å². The second-order valence-electron chi connectivity index (χ2n) is 6.47. The lowest BCUT2D eigenvalue weighted by molar-refractivity contribution is 0.0778. The maximum atomic E-state index is 10.2. The molecule has 0 aromatic carbocycles. The minimum atomic E-state index is -0.581. The van der Waals surface area contributed by atoms with Crippen molar-refractivity contribution in [3.63, 3.8) is 0 Å². The van der Waals surface area contributed by atoms with E-state index in [0.717, 1.165) is 37.6 Å². The number of rotatable bonds is 9. The van der Waals surface area contributed by atoms with E-state index in [2.05, 4.69) is 15.6 Å². The van der Waals surface area contributed by atoms with Gasteiger partial charge in [-0.2, -0.15) is 0 Å². The van der Waals surface area contributed by atoms with E-state index in [-0.39, 0.29) is 24.0 Å². The Morgan fingerprint density at radius 1 is 1.36 bits per heavy atom. The first-order chi connectivity index (χ1) is 11.7. The number of pyridine rings is 1. The molecular formula is C18H31IN4O2. The summed E-state index contributed by atoms with van der Waals surface area (Å²) in [5.74, 6) is 0.759. The first-order valence-electron chi connectivity index (χ1n) is 8.78. The third-order valence-electron chi connectivity index (χ3n) is 4.72. The van der Waals surface area contributed by atoms with Crippen LogP contribution in [-0.2, 0) is 4.74 Å². The molecule has 7 heteroatoms. The summed E-state index contributed by atoms with van der Waals surface area (Å²) in [6.07, 6.45) is 7.58. The topological polar surface area (TPSA) is 78.8 Å².